The molecule has 0 aliphatic carbocycles. The Labute approximate surface area is 145 Å². The van der Waals surface area contributed by atoms with Gasteiger partial charge in [-0.3, -0.25) is 14.6 Å². The molecule has 1 heterocycles. The molecule has 0 unspecified atom stereocenters. The summed E-state index contributed by atoms with van der Waals surface area (Å²) in [5.74, 6) is 1.36. The van der Waals surface area contributed by atoms with Crippen molar-refractivity contribution in [1.29, 1.82) is 0 Å². The number of primary amides is 1. The normalized spacial score (nSPS) is 10.5. The van der Waals surface area contributed by atoms with E-state index in [1.807, 2.05) is 6.92 Å². The Morgan fingerprint density at radius 2 is 2.04 bits per heavy atom. The van der Waals surface area contributed by atoms with Crippen LogP contribution in [-0.2, 0) is 19.5 Å². The van der Waals surface area contributed by atoms with Gasteiger partial charge >= 0.3 is 6.03 Å². The lowest BCUT2D eigenvalue weighted by Crippen LogP contribution is -2.31. The summed E-state index contributed by atoms with van der Waals surface area (Å²) in [5.41, 5.74) is 6.29. The van der Waals surface area contributed by atoms with Crippen LogP contribution in [0.5, 0.6) is 5.75 Å². The lowest BCUT2D eigenvalue weighted by Gasteiger charge is -2.13. The average molecular weight is 346 g/mol. The van der Waals surface area contributed by atoms with Crippen LogP contribution in [0, 0.1) is 6.92 Å². The highest BCUT2D eigenvalue weighted by Gasteiger charge is 2.07. The predicted molar refractivity (Wildman–Crippen MR) is 91.5 cm³/mol. The van der Waals surface area contributed by atoms with Crippen molar-refractivity contribution in [3.8, 4) is 5.75 Å². The Morgan fingerprint density at radius 3 is 2.64 bits per heavy atom. The van der Waals surface area contributed by atoms with Crippen LogP contribution in [-0.4, -0.2) is 32.5 Å². The van der Waals surface area contributed by atoms with Crippen LogP contribution in [0.3, 0.4) is 0 Å². The van der Waals surface area contributed by atoms with Crippen LogP contribution in [0.2, 0.25) is 0 Å². The topological polar surface area (TPSA) is 111 Å². The molecule has 0 fully saturated rings. The summed E-state index contributed by atoms with van der Waals surface area (Å²) < 4.78 is 7.26. The molecule has 0 radical (unpaired) electrons. The van der Waals surface area contributed by atoms with Crippen molar-refractivity contribution in [2.24, 2.45) is 5.73 Å². The summed E-state index contributed by atoms with van der Waals surface area (Å²) in [4.78, 5) is 27.2. The zero-order valence-corrected chi connectivity index (χ0v) is 14.3. The van der Waals surface area contributed by atoms with Crippen molar-refractivity contribution in [3.05, 3.63) is 57.8 Å². The molecule has 134 valence electrons. The summed E-state index contributed by atoms with van der Waals surface area (Å²) >= 11 is 0. The van der Waals surface area contributed by atoms with E-state index in [2.05, 4.69) is 4.98 Å². The molecule has 25 heavy (non-hydrogen) atoms. The molecule has 1 aromatic carbocycles. The highest BCUT2D eigenvalue weighted by atomic mass is 16.5. The number of aromatic nitrogens is 2. The Balaban J connectivity index is 1.94. The summed E-state index contributed by atoms with van der Waals surface area (Å²) in [7, 11) is 0. The van der Waals surface area contributed by atoms with Gasteiger partial charge in [0.25, 0.3) is 5.56 Å². The maximum atomic E-state index is 12.1. The maximum Gasteiger partial charge on any atom is 0.338 e. The lowest BCUT2D eigenvalue weighted by atomic mass is 10.2. The van der Waals surface area contributed by atoms with E-state index in [1.54, 1.807) is 35.8 Å². The standard InChI is InChI=1S/C17H22N4O4/c1-3-15-19-12(2)10-16(22)20(15)8-9-25-14-6-4-13(5-7-14)11-21(24)17(18)23/h4-7,10,24H,3,8-9,11H2,1-2H3,(H2,18,23). The molecule has 3 N–H and O–H groups in total. The third-order valence-corrected chi connectivity index (χ3v) is 3.63. The van der Waals surface area contributed by atoms with Crippen LogP contribution >= 0.6 is 0 Å². The maximum absolute atomic E-state index is 12.1. The molecule has 8 heteroatoms. The number of hydroxylamine groups is 2. The molecule has 0 atom stereocenters. The van der Waals surface area contributed by atoms with Crippen LogP contribution in [0.4, 0.5) is 4.79 Å². The number of nitrogens with zero attached hydrogens (tertiary/aromatic N) is 3. The summed E-state index contributed by atoms with van der Waals surface area (Å²) in [6.45, 7) is 4.48. The average Bonchev–Trinajstić information content (AvgIpc) is 2.57. The van der Waals surface area contributed by atoms with Crippen molar-refractivity contribution in [3.63, 3.8) is 0 Å². The van der Waals surface area contributed by atoms with Crippen LogP contribution in [0.1, 0.15) is 24.0 Å². The third kappa shape index (κ3) is 5.05. The van der Waals surface area contributed by atoms with Crippen LogP contribution < -0.4 is 16.0 Å². The Bertz CT molecular complexity index is 786. The van der Waals surface area contributed by atoms with E-state index in [0.717, 1.165) is 5.82 Å². The van der Waals surface area contributed by atoms with E-state index < -0.39 is 6.03 Å². The number of carbonyl (C=O) groups excluding carboxylic acids is 1. The van der Waals surface area contributed by atoms with Gasteiger partial charge in [0.2, 0.25) is 0 Å². The number of carbonyl (C=O) groups is 1. The van der Waals surface area contributed by atoms with E-state index in [4.69, 9.17) is 10.5 Å². The second-order valence-electron chi connectivity index (χ2n) is 5.55. The largest absolute Gasteiger partial charge is 0.492 e. The molecule has 8 nitrogen and oxygen atoms in total. The first-order chi connectivity index (χ1) is 11.9. The van der Waals surface area contributed by atoms with Gasteiger partial charge in [0.1, 0.15) is 18.2 Å². The molecular formula is C17H22N4O4. The smallest absolute Gasteiger partial charge is 0.338 e. The molecule has 2 aromatic rings. The van der Waals surface area contributed by atoms with Crippen molar-refractivity contribution < 1.29 is 14.7 Å². The number of hydrogen-bond donors (Lipinski definition) is 2. The Morgan fingerprint density at radius 1 is 1.36 bits per heavy atom. The fraction of sp³-hybridized carbons (Fsp3) is 0.353. The first-order valence-electron chi connectivity index (χ1n) is 7.95. The minimum Gasteiger partial charge on any atom is -0.492 e. The van der Waals surface area contributed by atoms with Gasteiger partial charge in [-0.05, 0) is 24.6 Å². The van der Waals surface area contributed by atoms with Crippen molar-refractivity contribution >= 4 is 6.03 Å². The van der Waals surface area contributed by atoms with E-state index >= 15 is 0 Å². The molecule has 2 rings (SSSR count). The number of urea groups is 1. The second kappa shape index (κ2) is 8.29. The molecule has 0 bridgehead atoms. The Kier molecular flexibility index (Phi) is 6.13. The lowest BCUT2D eigenvalue weighted by molar-refractivity contribution is -0.0470. The number of hydrogen-bond acceptors (Lipinski definition) is 5. The van der Waals surface area contributed by atoms with Gasteiger partial charge in [-0.25, -0.2) is 14.8 Å². The quantitative estimate of drug-likeness (QED) is 0.582. The van der Waals surface area contributed by atoms with E-state index in [-0.39, 0.29) is 12.1 Å². The number of amides is 2. The minimum absolute atomic E-state index is 0.0000964. The number of aryl methyl sites for hydroxylation is 2. The molecule has 0 saturated carbocycles. The minimum atomic E-state index is -0.913. The van der Waals surface area contributed by atoms with E-state index in [9.17, 15) is 14.8 Å². The van der Waals surface area contributed by atoms with Gasteiger partial charge in [-0.2, -0.15) is 0 Å². The number of benzene rings is 1. The summed E-state index contributed by atoms with van der Waals surface area (Å²) in [6.07, 6.45) is 0.670. The van der Waals surface area contributed by atoms with Gasteiger partial charge in [-0.1, -0.05) is 19.1 Å². The monoisotopic (exact) mass is 346 g/mol. The molecule has 2 amide bonds. The van der Waals surface area contributed by atoms with Gasteiger partial charge < -0.3 is 10.5 Å². The third-order valence-electron chi connectivity index (χ3n) is 3.63. The number of rotatable bonds is 7. The first-order valence-corrected chi connectivity index (χ1v) is 7.95. The predicted octanol–water partition coefficient (Wildman–Crippen LogP) is 1.46. The fourth-order valence-electron chi connectivity index (χ4n) is 2.39. The molecular weight excluding hydrogens is 324 g/mol. The number of nitrogens with two attached hydrogens (primary N) is 1. The Hall–Kier alpha value is -2.87. The van der Waals surface area contributed by atoms with Crippen molar-refractivity contribution in [1.82, 2.24) is 14.6 Å². The molecule has 0 aliphatic heterocycles. The van der Waals surface area contributed by atoms with Gasteiger partial charge in [0.15, 0.2) is 0 Å². The highest BCUT2D eigenvalue weighted by molar-refractivity contribution is 5.70. The van der Waals surface area contributed by atoms with Crippen LogP contribution in [0.15, 0.2) is 35.1 Å². The van der Waals surface area contributed by atoms with Crippen LogP contribution in [0.25, 0.3) is 0 Å². The summed E-state index contributed by atoms with van der Waals surface area (Å²) in [6, 6.07) is 7.48. The number of ether oxygens (including phenoxy) is 1. The van der Waals surface area contributed by atoms with Gasteiger partial charge in [-0.15, -0.1) is 0 Å². The molecule has 0 aliphatic rings. The zero-order valence-electron chi connectivity index (χ0n) is 14.3. The van der Waals surface area contributed by atoms with Gasteiger partial charge in [0, 0.05) is 18.2 Å². The van der Waals surface area contributed by atoms with E-state index in [1.165, 1.54) is 6.07 Å². The molecule has 0 saturated heterocycles. The zero-order chi connectivity index (χ0) is 18.4. The second-order valence-corrected chi connectivity index (χ2v) is 5.55. The highest BCUT2D eigenvalue weighted by Crippen LogP contribution is 2.13. The van der Waals surface area contributed by atoms with Gasteiger partial charge in [0.05, 0.1) is 13.1 Å². The van der Waals surface area contributed by atoms with Crippen molar-refractivity contribution in [2.45, 2.75) is 33.4 Å². The first kappa shape index (κ1) is 18.5. The molecule has 0 spiro atoms. The fourth-order valence-corrected chi connectivity index (χ4v) is 2.39. The molecule has 1 aromatic heterocycles. The summed E-state index contributed by atoms with van der Waals surface area (Å²) in [5, 5.41) is 9.73. The van der Waals surface area contributed by atoms with E-state index in [0.29, 0.717) is 41.6 Å². The SMILES string of the molecule is CCc1nc(C)cc(=O)n1CCOc1ccc(CN(O)C(N)=O)cc1. The van der Waals surface area contributed by atoms with Crippen molar-refractivity contribution in [2.75, 3.05) is 6.61 Å².